The van der Waals surface area contributed by atoms with Gasteiger partial charge in [-0.15, -0.1) is 0 Å². The number of imide groups is 1. The SMILES string of the molecule is Cc1cc(N2CCOCC2)ccc1C=C1SC(=O)N(c2ccccc2)C1=O. The van der Waals surface area contributed by atoms with Crippen LogP contribution in [0.2, 0.25) is 0 Å². The van der Waals surface area contributed by atoms with Gasteiger partial charge in [0.15, 0.2) is 0 Å². The highest BCUT2D eigenvalue weighted by molar-refractivity contribution is 8.19. The van der Waals surface area contributed by atoms with Crippen molar-refractivity contribution in [1.82, 2.24) is 0 Å². The van der Waals surface area contributed by atoms with E-state index in [2.05, 4.69) is 17.0 Å². The quantitative estimate of drug-likeness (QED) is 0.751. The number of para-hydroxylation sites is 1. The lowest BCUT2D eigenvalue weighted by atomic mass is 10.1. The molecule has 2 aromatic carbocycles. The molecule has 27 heavy (non-hydrogen) atoms. The van der Waals surface area contributed by atoms with Crippen LogP contribution in [0.15, 0.2) is 53.4 Å². The van der Waals surface area contributed by atoms with Crippen molar-refractivity contribution in [2.24, 2.45) is 0 Å². The van der Waals surface area contributed by atoms with Gasteiger partial charge in [0.25, 0.3) is 11.1 Å². The third kappa shape index (κ3) is 3.63. The maximum absolute atomic E-state index is 12.7. The first-order chi connectivity index (χ1) is 13.1. The molecule has 138 valence electrons. The molecular weight excluding hydrogens is 360 g/mol. The zero-order chi connectivity index (χ0) is 18.8. The zero-order valence-corrected chi connectivity index (χ0v) is 15.9. The normalized spacial score (nSPS) is 19.2. The molecule has 2 heterocycles. The number of morpholine rings is 1. The van der Waals surface area contributed by atoms with Crippen LogP contribution in [0.1, 0.15) is 11.1 Å². The van der Waals surface area contributed by atoms with Gasteiger partial charge in [0.2, 0.25) is 0 Å². The van der Waals surface area contributed by atoms with Gasteiger partial charge < -0.3 is 9.64 Å². The number of anilines is 2. The number of rotatable bonds is 3. The van der Waals surface area contributed by atoms with Crippen molar-refractivity contribution >= 4 is 40.4 Å². The molecule has 0 aromatic heterocycles. The van der Waals surface area contributed by atoms with Gasteiger partial charge in [-0.25, -0.2) is 4.90 Å². The van der Waals surface area contributed by atoms with E-state index >= 15 is 0 Å². The predicted octanol–water partition coefficient (Wildman–Crippen LogP) is 4.07. The number of carbonyl (C=O) groups is 2. The smallest absolute Gasteiger partial charge is 0.298 e. The Balaban J connectivity index is 1.58. The Morgan fingerprint density at radius 1 is 1.00 bits per heavy atom. The summed E-state index contributed by atoms with van der Waals surface area (Å²) in [6, 6.07) is 15.2. The number of amides is 2. The van der Waals surface area contributed by atoms with Crippen molar-refractivity contribution in [2.45, 2.75) is 6.92 Å². The highest BCUT2D eigenvalue weighted by Gasteiger charge is 2.36. The topological polar surface area (TPSA) is 49.9 Å². The molecule has 0 N–H and O–H groups in total. The summed E-state index contributed by atoms with van der Waals surface area (Å²) < 4.78 is 5.40. The monoisotopic (exact) mass is 380 g/mol. The van der Waals surface area contributed by atoms with E-state index in [9.17, 15) is 9.59 Å². The average Bonchev–Trinajstić information content (AvgIpc) is 2.98. The first kappa shape index (κ1) is 17.8. The van der Waals surface area contributed by atoms with Crippen LogP contribution in [0, 0.1) is 6.92 Å². The van der Waals surface area contributed by atoms with Crippen molar-refractivity contribution in [1.29, 1.82) is 0 Å². The lowest BCUT2D eigenvalue weighted by Crippen LogP contribution is -2.36. The van der Waals surface area contributed by atoms with Crippen molar-refractivity contribution in [2.75, 3.05) is 36.1 Å². The number of hydrogen-bond donors (Lipinski definition) is 0. The van der Waals surface area contributed by atoms with E-state index in [-0.39, 0.29) is 11.1 Å². The minimum atomic E-state index is -0.271. The van der Waals surface area contributed by atoms with Crippen LogP contribution >= 0.6 is 11.8 Å². The van der Waals surface area contributed by atoms with Crippen molar-refractivity contribution in [3.63, 3.8) is 0 Å². The van der Waals surface area contributed by atoms with Gasteiger partial charge in [-0.1, -0.05) is 24.3 Å². The molecule has 0 atom stereocenters. The summed E-state index contributed by atoms with van der Waals surface area (Å²) in [5, 5.41) is -0.264. The van der Waals surface area contributed by atoms with Crippen molar-refractivity contribution in [3.05, 3.63) is 64.6 Å². The molecule has 2 saturated heterocycles. The molecular formula is C21H20N2O3S. The van der Waals surface area contributed by atoms with E-state index < -0.39 is 0 Å². The molecule has 0 saturated carbocycles. The van der Waals surface area contributed by atoms with Gasteiger partial charge in [-0.3, -0.25) is 9.59 Å². The van der Waals surface area contributed by atoms with Crippen molar-refractivity contribution in [3.8, 4) is 0 Å². The van der Waals surface area contributed by atoms with Gasteiger partial charge in [-0.2, -0.15) is 0 Å². The highest BCUT2D eigenvalue weighted by atomic mass is 32.2. The van der Waals surface area contributed by atoms with Crippen LogP contribution in [0.25, 0.3) is 6.08 Å². The molecule has 0 radical (unpaired) electrons. The summed E-state index contributed by atoms with van der Waals surface area (Å²) >= 11 is 0.984. The van der Waals surface area contributed by atoms with Crippen LogP contribution in [0.3, 0.4) is 0 Å². The molecule has 2 aromatic rings. The second-order valence-electron chi connectivity index (χ2n) is 6.49. The first-order valence-corrected chi connectivity index (χ1v) is 9.71. The molecule has 2 fully saturated rings. The largest absolute Gasteiger partial charge is 0.378 e. The lowest BCUT2D eigenvalue weighted by Gasteiger charge is -2.29. The summed E-state index contributed by atoms with van der Waals surface area (Å²) in [6.07, 6.45) is 1.81. The number of carbonyl (C=O) groups excluding carboxylic acids is 2. The van der Waals surface area contributed by atoms with Crippen LogP contribution in [-0.4, -0.2) is 37.4 Å². The van der Waals surface area contributed by atoms with E-state index in [4.69, 9.17) is 4.74 Å². The fourth-order valence-electron chi connectivity index (χ4n) is 3.25. The summed E-state index contributed by atoms with van der Waals surface area (Å²) in [7, 11) is 0. The fraction of sp³-hybridized carbons (Fsp3) is 0.238. The van der Waals surface area contributed by atoms with E-state index in [1.807, 2.05) is 37.3 Å². The molecule has 2 amide bonds. The molecule has 0 aliphatic carbocycles. The maximum atomic E-state index is 12.7. The van der Waals surface area contributed by atoms with Gasteiger partial charge in [0, 0.05) is 18.8 Å². The molecule has 6 heteroatoms. The molecule has 5 nitrogen and oxygen atoms in total. The van der Waals surface area contributed by atoms with Gasteiger partial charge in [-0.05, 0) is 60.2 Å². The van der Waals surface area contributed by atoms with E-state index in [0.29, 0.717) is 10.6 Å². The standard InChI is InChI=1S/C21H20N2O3S/c1-15-13-18(22-9-11-26-12-10-22)8-7-16(15)14-19-20(24)23(21(25)27-19)17-5-3-2-4-6-17/h2-8,13-14H,9-12H2,1H3. The highest BCUT2D eigenvalue weighted by Crippen LogP contribution is 2.36. The molecule has 2 aliphatic heterocycles. The molecule has 4 rings (SSSR count). The summed E-state index contributed by atoms with van der Waals surface area (Å²) in [5.74, 6) is -0.271. The number of benzene rings is 2. The number of ether oxygens (including phenoxy) is 1. The lowest BCUT2D eigenvalue weighted by molar-refractivity contribution is -0.113. The van der Waals surface area contributed by atoms with Crippen LogP contribution in [0.5, 0.6) is 0 Å². The molecule has 0 bridgehead atoms. The number of aryl methyl sites for hydroxylation is 1. The fourth-order valence-corrected chi connectivity index (χ4v) is 4.08. The second kappa shape index (κ2) is 7.58. The Morgan fingerprint density at radius 3 is 2.44 bits per heavy atom. The Labute approximate surface area is 162 Å². The van der Waals surface area contributed by atoms with Crippen LogP contribution in [-0.2, 0) is 9.53 Å². The zero-order valence-electron chi connectivity index (χ0n) is 15.1. The Morgan fingerprint density at radius 2 is 1.74 bits per heavy atom. The molecule has 0 unspecified atom stereocenters. The molecule has 2 aliphatic rings. The van der Waals surface area contributed by atoms with Crippen LogP contribution < -0.4 is 9.80 Å². The van der Waals surface area contributed by atoms with Crippen molar-refractivity contribution < 1.29 is 14.3 Å². The third-order valence-corrected chi connectivity index (χ3v) is 5.59. The Kier molecular flexibility index (Phi) is 5.01. The van der Waals surface area contributed by atoms with E-state index in [1.54, 1.807) is 12.1 Å². The third-order valence-electron chi connectivity index (χ3n) is 4.72. The van der Waals surface area contributed by atoms with Gasteiger partial charge >= 0.3 is 0 Å². The minimum absolute atomic E-state index is 0.264. The number of nitrogens with zero attached hydrogens (tertiary/aromatic N) is 2. The summed E-state index contributed by atoms with van der Waals surface area (Å²) in [5.41, 5.74) is 3.78. The second-order valence-corrected chi connectivity index (χ2v) is 7.49. The minimum Gasteiger partial charge on any atom is -0.378 e. The average molecular weight is 380 g/mol. The number of thioether (sulfide) groups is 1. The first-order valence-electron chi connectivity index (χ1n) is 8.90. The Hall–Kier alpha value is -2.57. The van der Waals surface area contributed by atoms with E-state index in [1.165, 1.54) is 4.90 Å². The van der Waals surface area contributed by atoms with Crippen LogP contribution in [0.4, 0.5) is 16.2 Å². The maximum Gasteiger partial charge on any atom is 0.298 e. The predicted molar refractivity (Wildman–Crippen MR) is 109 cm³/mol. The summed E-state index contributed by atoms with van der Waals surface area (Å²) in [6.45, 7) is 5.28. The van der Waals surface area contributed by atoms with Gasteiger partial charge in [0.1, 0.15) is 0 Å². The van der Waals surface area contributed by atoms with Gasteiger partial charge in [0.05, 0.1) is 23.8 Å². The summed E-state index contributed by atoms with van der Waals surface area (Å²) in [4.78, 5) is 29.1. The number of hydrogen-bond acceptors (Lipinski definition) is 5. The molecule has 0 spiro atoms. The Bertz CT molecular complexity index is 905. The van der Waals surface area contributed by atoms with E-state index in [0.717, 1.165) is 54.9 Å².